The Morgan fingerprint density at radius 1 is 1.28 bits per heavy atom. The van der Waals surface area contributed by atoms with Gasteiger partial charge in [-0.2, -0.15) is 0 Å². The summed E-state index contributed by atoms with van der Waals surface area (Å²) < 4.78 is 0. The van der Waals surface area contributed by atoms with Crippen LogP contribution in [0.3, 0.4) is 0 Å². The van der Waals surface area contributed by atoms with E-state index in [0.717, 1.165) is 19.5 Å². The fourth-order valence-electron chi connectivity index (χ4n) is 2.27. The number of rotatable bonds is 3. The van der Waals surface area contributed by atoms with Crippen LogP contribution in [0.5, 0.6) is 0 Å². The number of nitrogens with zero attached hydrogens (tertiary/aromatic N) is 1. The van der Waals surface area contributed by atoms with Crippen LogP contribution in [0.25, 0.3) is 5.57 Å². The van der Waals surface area contributed by atoms with Gasteiger partial charge in [0.15, 0.2) is 0 Å². The van der Waals surface area contributed by atoms with Crippen molar-refractivity contribution in [2.75, 3.05) is 13.1 Å². The molecule has 0 aliphatic carbocycles. The molecule has 1 aliphatic rings. The van der Waals surface area contributed by atoms with Crippen LogP contribution in [0.1, 0.15) is 36.2 Å². The molecule has 0 saturated heterocycles. The molecular formula is C15H20N2O. The van der Waals surface area contributed by atoms with Crippen LogP contribution in [-0.2, 0) is 0 Å². The first kappa shape index (κ1) is 12.8. The molecule has 1 aromatic rings. The maximum atomic E-state index is 11.0. The van der Waals surface area contributed by atoms with E-state index in [4.69, 9.17) is 5.73 Å². The van der Waals surface area contributed by atoms with Crippen molar-refractivity contribution in [1.29, 1.82) is 0 Å². The maximum absolute atomic E-state index is 11.0. The van der Waals surface area contributed by atoms with Crippen LogP contribution in [0, 0.1) is 0 Å². The Bertz CT molecular complexity index is 460. The molecule has 1 amide bonds. The molecule has 0 saturated carbocycles. The summed E-state index contributed by atoms with van der Waals surface area (Å²) in [4.78, 5) is 13.5. The third-order valence-corrected chi connectivity index (χ3v) is 3.45. The van der Waals surface area contributed by atoms with Gasteiger partial charge in [0, 0.05) is 24.7 Å². The largest absolute Gasteiger partial charge is 0.366 e. The molecule has 0 aromatic heterocycles. The van der Waals surface area contributed by atoms with E-state index in [1.165, 1.54) is 11.1 Å². The van der Waals surface area contributed by atoms with Gasteiger partial charge in [0.25, 0.3) is 0 Å². The van der Waals surface area contributed by atoms with Gasteiger partial charge in [-0.05, 0) is 43.5 Å². The number of primary amides is 1. The second-order valence-corrected chi connectivity index (χ2v) is 5.02. The number of amides is 1. The first-order valence-corrected chi connectivity index (χ1v) is 6.41. The third-order valence-electron chi connectivity index (χ3n) is 3.45. The van der Waals surface area contributed by atoms with Crippen molar-refractivity contribution >= 4 is 11.5 Å². The molecule has 0 atom stereocenters. The molecule has 0 radical (unpaired) electrons. The van der Waals surface area contributed by atoms with E-state index in [9.17, 15) is 4.79 Å². The van der Waals surface area contributed by atoms with E-state index in [1.54, 1.807) is 12.1 Å². The average Bonchev–Trinajstić information content (AvgIpc) is 2.39. The van der Waals surface area contributed by atoms with E-state index in [-0.39, 0.29) is 5.91 Å². The van der Waals surface area contributed by atoms with E-state index >= 15 is 0 Å². The van der Waals surface area contributed by atoms with Crippen LogP contribution in [0.15, 0.2) is 30.3 Å². The Kier molecular flexibility index (Phi) is 3.82. The molecule has 3 nitrogen and oxygen atoms in total. The first-order valence-electron chi connectivity index (χ1n) is 6.41. The van der Waals surface area contributed by atoms with Gasteiger partial charge in [0.1, 0.15) is 0 Å². The molecule has 0 bridgehead atoms. The highest BCUT2D eigenvalue weighted by atomic mass is 16.1. The van der Waals surface area contributed by atoms with Crippen molar-refractivity contribution in [3.05, 3.63) is 41.5 Å². The molecule has 3 heteroatoms. The predicted molar refractivity (Wildman–Crippen MR) is 74.3 cm³/mol. The first-order chi connectivity index (χ1) is 8.58. The van der Waals surface area contributed by atoms with E-state index in [2.05, 4.69) is 24.8 Å². The van der Waals surface area contributed by atoms with Crippen molar-refractivity contribution in [2.24, 2.45) is 5.73 Å². The highest BCUT2D eigenvalue weighted by Gasteiger charge is 2.16. The normalized spacial score (nSPS) is 16.7. The molecule has 1 aromatic carbocycles. The van der Waals surface area contributed by atoms with Gasteiger partial charge >= 0.3 is 0 Å². The monoisotopic (exact) mass is 244 g/mol. The van der Waals surface area contributed by atoms with Crippen LogP contribution < -0.4 is 5.73 Å². The summed E-state index contributed by atoms with van der Waals surface area (Å²) in [5.74, 6) is -0.372. The molecule has 1 heterocycles. The summed E-state index contributed by atoms with van der Waals surface area (Å²) in [6.45, 7) is 6.55. The number of hydrogen-bond acceptors (Lipinski definition) is 2. The topological polar surface area (TPSA) is 46.3 Å². The lowest BCUT2D eigenvalue weighted by molar-refractivity contribution is 0.100. The summed E-state index contributed by atoms with van der Waals surface area (Å²) in [7, 11) is 0. The smallest absolute Gasteiger partial charge is 0.248 e. The molecule has 1 aliphatic heterocycles. The Morgan fingerprint density at radius 2 is 1.94 bits per heavy atom. The SMILES string of the molecule is CC(C)N1CCC=C(c2ccc(C(N)=O)cc2)C1. The zero-order valence-electron chi connectivity index (χ0n) is 11.0. The van der Waals surface area contributed by atoms with Crippen LogP contribution in [0.2, 0.25) is 0 Å². The summed E-state index contributed by atoms with van der Waals surface area (Å²) in [6, 6.07) is 8.13. The zero-order valence-corrected chi connectivity index (χ0v) is 11.0. The highest BCUT2D eigenvalue weighted by molar-refractivity contribution is 5.93. The van der Waals surface area contributed by atoms with Crippen molar-refractivity contribution < 1.29 is 4.79 Å². The lowest BCUT2D eigenvalue weighted by atomic mass is 9.99. The van der Waals surface area contributed by atoms with Crippen molar-refractivity contribution in [3.63, 3.8) is 0 Å². The van der Waals surface area contributed by atoms with E-state index in [1.807, 2.05) is 12.1 Å². The van der Waals surface area contributed by atoms with Gasteiger partial charge < -0.3 is 5.73 Å². The second kappa shape index (κ2) is 5.36. The summed E-state index contributed by atoms with van der Waals surface area (Å²) in [5.41, 5.74) is 8.33. The molecule has 2 N–H and O–H groups in total. The average molecular weight is 244 g/mol. The molecule has 96 valence electrons. The fraction of sp³-hybridized carbons (Fsp3) is 0.400. The highest BCUT2D eigenvalue weighted by Crippen LogP contribution is 2.22. The van der Waals surface area contributed by atoms with E-state index in [0.29, 0.717) is 11.6 Å². The van der Waals surface area contributed by atoms with Gasteiger partial charge in [-0.15, -0.1) is 0 Å². The van der Waals surface area contributed by atoms with Crippen LogP contribution in [0.4, 0.5) is 0 Å². The van der Waals surface area contributed by atoms with E-state index < -0.39 is 0 Å². The summed E-state index contributed by atoms with van der Waals surface area (Å²) in [5, 5.41) is 0. The quantitative estimate of drug-likeness (QED) is 0.886. The Balaban J connectivity index is 2.16. The molecule has 2 rings (SSSR count). The van der Waals surface area contributed by atoms with Crippen LogP contribution >= 0.6 is 0 Å². The third kappa shape index (κ3) is 2.79. The lowest BCUT2D eigenvalue weighted by Crippen LogP contribution is -2.35. The number of benzene rings is 1. The Labute approximate surface area is 108 Å². The fourth-order valence-corrected chi connectivity index (χ4v) is 2.27. The minimum atomic E-state index is -0.372. The summed E-state index contributed by atoms with van der Waals surface area (Å²) >= 11 is 0. The maximum Gasteiger partial charge on any atom is 0.248 e. The second-order valence-electron chi connectivity index (χ2n) is 5.02. The number of hydrogen-bond donors (Lipinski definition) is 1. The van der Waals surface area contributed by atoms with Gasteiger partial charge in [-0.25, -0.2) is 0 Å². The Hall–Kier alpha value is -1.61. The minimum absolute atomic E-state index is 0.372. The van der Waals surface area contributed by atoms with Crippen molar-refractivity contribution in [1.82, 2.24) is 4.90 Å². The van der Waals surface area contributed by atoms with Gasteiger partial charge in [-0.1, -0.05) is 18.2 Å². The predicted octanol–water partition coefficient (Wildman–Crippen LogP) is 2.28. The molecule has 18 heavy (non-hydrogen) atoms. The molecule has 0 fully saturated rings. The zero-order chi connectivity index (χ0) is 13.1. The number of carbonyl (C=O) groups is 1. The summed E-state index contributed by atoms with van der Waals surface area (Å²) in [6.07, 6.45) is 3.38. The number of carbonyl (C=O) groups excluding carboxylic acids is 1. The van der Waals surface area contributed by atoms with Gasteiger partial charge in [-0.3, -0.25) is 9.69 Å². The molecule has 0 unspecified atom stereocenters. The van der Waals surface area contributed by atoms with Crippen LogP contribution in [-0.4, -0.2) is 29.9 Å². The minimum Gasteiger partial charge on any atom is -0.366 e. The number of nitrogens with two attached hydrogens (primary N) is 1. The molecule has 0 spiro atoms. The van der Waals surface area contributed by atoms with Crippen molar-refractivity contribution in [2.45, 2.75) is 26.3 Å². The lowest BCUT2D eigenvalue weighted by Gasteiger charge is -2.30. The van der Waals surface area contributed by atoms with Gasteiger partial charge in [0.2, 0.25) is 5.91 Å². The van der Waals surface area contributed by atoms with Crippen molar-refractivity contribution in [3.8, 4) is 0 Å². The standard InChI is InChI=1S/C15H20N2O/c1-11(2)17-9-3-4-14(10-17)12-5-7-13(8-6-12)15(16)18/h4-8,11H,3,9-10H2,1-2H3,(H2,16,18). The molecular weight excluding hydrogens is 224 g/mol. The Morgan fingerprint density at radius 3 is 2.50 bits per heavy atom. The van der Waals surface area contributed by atoms with Gasteiger partial charge in [0.05, 0.1) is 0 Å².